The van der Waals surface area contributed by atoms with Gasteiger partial charge in [0.25, 0.3) is 0 Å². The van der Waals surface area contributed by atoms with E-state index in [2.05, 4.69) is 20.9 Å². The summed E-state index contributed by atoms with van der Waals surface area (Å²) in [7, 11) is 0. The van der Waals surface area contributed by atoms with Crippen LogP contribution in [-0.4, -0.2) is 16.3 Å². The Bertz CT molecular complexity index is 254. The van der Waals surface area contributed by atoms with Crippen molar-refractivity contribution in [3.05, 3.63) is 30.1 Å². The molecule has 1 aromatic rings. The molecule has 0 radical (unpaired) electrons. The van der Waals surface area contributed by atoms with Crippen molar-refractivity contribution in [1.82, 2.24) is 4.98 Å². The van der Waals surface area contributed by atoms with Gasteiger partial charge in [-0.3, -0.25) is 9.78 Å². The second kappa shape index (κ2) is 7.03. The van der Waals surface area contributed by atoms with Gasteiger partial charge in [-0.25, -0.2) is 0 Å². The van der Waals surface area contributed by atoms with E-state index >= 15 is 0 Å². The molecule has 0 spiro atoms. The Balaban J connectivity index is 0.00000144. The van der Waals surface area contributed by atoms with Crippen molar-refractivity contribution in [2.45, 2.75) is 6.61 Å². The van der Waals surface area contributed by atoms with E-state index in [9.17, 15) is 4.79 Å². The molecule has 0 amide bonds. The molecule has 0 saturated heterocycles. The second-order valence-corrected chi connectivity index (χ2v) is 2.71. The summed E-state index contributed by atoms with van der Waals surface area (Å²) < 4.78 is 4.86. The Morgan fingerprint density at radius 2 is 2.08 bits per heavy atom. The van der Waals surface area contributed by atoms with Crippen molar-refractivity contribution in [1.29, 1.82) is 0 Å². The van der Waals surface area contributed by atoms with Crippen LogP contribution in [0.3, 0.4) is 0 Å². The number of nitrogens with zero attached hydrogens (tertiary/aromatic N) is 1. The Labute approximate surface area is 95.4 Å². The first-order chi connectivity index (χ1) is 5.83. The van der Waals surface area contributed by atoms with Gasteiger partial charge in [0, 0.05) is 12.4 Å². The zero-order valence-corrected chi connectivity index (χ0v) is 10.1. The molecular formula is C8H9Br2NO2. The van der Waals surface area contributed by atoms with Crippen LogP contribution in [0.1, 0.15) is 5.56 Å². The minimum absolute atomic E-state index is 0. The maximum absolute atomic E-state index is 10.7. The number of carbonyl (C=O) groups excluding carboxylic acids is 1. The Morgan fingerprint density at radius 1 is 1.46 bits per heavy atom. The van der Waals surface area contributed by atoms with Crippen molar-refractivity contribution in [2.24, 2.45) is 0 Å². The molecule has 72 valence electrons. The van der Waals surface area contributed by atoms with Gasteiger partial charge in [-0.15, -0.1) is 17.0 Å². The lowest BCUT2D eigenvalue weighted by atomic mass is 10.3. The number of alkyl halides is 1. The number of rotatable bonds is 3. The summed E-state index contributed by atoms with van der Waals surface area (Å²) in [6, 6.07) is 3.61. The van der Waals surface area contributed by atoms with Gasteiger partial charge >= 0.3 is 5.97 Å². The third-order valence-corrected chi connectivity index (χ3v) is 1.72. The Kier molecular flexibility index (Phi) is 6.80. The maximum atomic E-state index is 10.7. The van der Waals surface area contributed by atoms with Crippen molar-refractivity contribution < 1.29 is 9.53 Å². The summed E-state index contributed by atoms with van der Waals surface area (Å²) in [5.74, 6) is -0.258. The van der Waals surface area contributed by atoms with Crippen molar-refractivity contribution in [2.75, 3.05) is 5.33 Å². The number of halogens is 2. The number of ether oxygens (including phenoxy) is 1. The molecule has 0 fully saturated rings. The van der Waals surface area contributed by atoms with Gasteiger partial charge in [0.15, 0.2) is 0 Å². The Hall–Kier alpha value is -0.420. The molecule has 3 nitrogen and oxygen atoms in total. The van der Waals surface area contributed by atoms with Crippen LogP contribution in [0, 0.1) is 0 Å². The molecule has 0 atom stereocenters. The van der Waals surface area contributed by atoms with Gasteiger partial charge in [-0.1, -0.05) is 15.9 Å². The smallest absolute Gasteiger partial charge is 0.316 e. The first kappa shape index (κ1) is 12.6. The fourth-order valence-corrected chi connectivity index (χ4v) is 0.843. The number of esters is 1. The van der Waals surface area contributed by atoms with Gasteiger partial charge in [-0.2, -0.15) is 0 Å². The zero-order valence-electron chi connectivity index (χ0n) is 6.77. The summed E-state index contributed by atoms with van der Waals surface area (Å²) in [6.45, 7) is 0.312. The van der Waals surface area contributed by atoms with Gasteiger partial charge in [0.1, 0.15) is 11.9 Å². The summed E-state index contributed by atoms with van der Waals surface area (Å²) in [4.78, 5) is 14.5. The second-order valence-electron chi connectivity index (χ2n) is 2.15. The van der Waals surface area contributed by atoms with Crippen LogP contribution in [0.2, 0.25) is 0 Å². The van der Waals surface area contributed by atoms with Crippen LogP contribution in [-0.2, 0) is 16.1 Å². The minimum atomic E-state index is -0.258. The molecule has 0 aromatic carbocycles. The number of hydrogen-bond donors (Lipinski definition) is 0. The molecule has 1 heterocycles. The lowest BCUT2D eigenvalue weighted by Crippen LogP contribution is -2.04. The van der Waals surface area contributed by atoms with E-state index < -0.39 is 0 Å². The highest BCUT2D eigenvalue weighted by Crippen LogP contribution is 1.99. The van der Waals surface area contributed by atoms with Gasteiger partial charge in [0.2, 0.25) is 0 Å². The largest absolute Gasteiger partial charge is 0.460 e. The minimum Gasteiger partial charge on any atom is -0.460 e. The predicted molar refractivity (Wildman–Crippen MR) is 58.1 cm³/mol. The topological polar surface area (TPSA) is 39.2 Å². The average molecular weight is 311 g/mol. The number of hydrogen-bond acceptors (Lipinski definition) is 3. The summed E-state index contributed by atoms with van der Waals surface area (Å²) in [5.41, 5.74) is 0.944. The van der Waals surface area contributed by atoms with Crippen LogP contribution in [0.5, 0.6) is 0 Å². The molecule has 13 heavy (non-hydrogen) atoms. The molecule has 0 N–H and O–H groups in total. The highest BCUT2D eigenvalue weighted by Gasteiger charge is 1.98. The quantitative estimate of drug-likeness (QED) is 0.634. The van der Waals surface area contributed by atoms with E-state index in [1.807, 2.05) is 12.1 Å². The molecule has 5 heteroatoms. The molecule has 0 aliphatic carbocycles. The molecule has 0 unspecified atom stereocenters. The van der Waals surface area contributed by atoms with Crippen LogP contribution in [0.4, 0.5) is 0 Å². The fraction of sp³-hybridized carbons (Fsp3) is 0.250. The first-order valence-corrected chi connectivity index (χ1v) is 4.55. The lowest BCUT2D eigenvalue weighted by molar-refractivity contribution is -0.141. The monoisotopic (exact) mass is 309 g/mol. The zero-order chi connectivity index (χ0) is 8.81. The maximum Gasteiger partial charge on any atom is 0.316 e. The van der Waals surface area contributed by atoms with E-state index in [1.165, 1.54) is 0 Å². The predicted octanol–water partition coefficient (Wildman–Crippen LogP) is 2.10. The fourth-order valence-electron chi connectivity index (χ4n) is 0.681. The summed E-state index contributed by atoms with van der Waals surface area (Å²) >= 11 is 3.00. The molecule has 0 aliphatic heterocycles. The summed E-state index contributed by atoms with van der Waals surface area (Å²) in [6.07, 6.45) is 3.33. The Morgan fingerprint density at radius 3 is 2.62 bits per heavy atom. The van der Waals surface area contributed by atoms with Crippen LogP contribution >= 0.6 is 32.9 Å². The lowest BCUT2D eigenvalue weighted by Gasteiger charge is -2.01. The molecule has 1 aromatic heterocycles. The van der Waals surface area contributed by atoms with Crippen LogP contribution in [0.25, 0.3) is 0 Å². The van der Waals surface area contributed by atoms with E-state index in [1.54, 1.807) is 12.4 Å². The van der Waals surface area contributed by atoms with E-state index in [-0.39, 0.29) is 28.3 Å². The van der Waals surface area contributed by atoms with Gasteiger partial charge in [0.05, 0.1) is 0 Å². The highest BCUT2D eigenvalue weighted by molar-refractivity contribution is 9.09. The molecule has 0 bridgehead atoms. The first-order valence-electron chi connectivity index (χ1n) is 3.43. The normalized spacial score (nSPS) is 8.69. The van der Waals surface area contributed by atoms with E-state index in [0.717, 1.165) is 5.56 Å². The average Bonchev–Trinajstić information content (AvgIpc) is 2.16. The molecule has 1 rings (SSSR count). The molecule has 0 aliphatic rings. The molecule has 0 saturated carbocycles. The molecular weight excluding hydrogens is 302 g/mol. The van der Waals surface area contributed by atoms with Crippen LogP contribution < -0.4 is 0 Å². The third kappa shape index (κ3) is 5.00. The number of aromatic nitrogens is 1. The van der Waals surface area contributed by atoms with Gasteiger partial charge in [-0.05, 0) is 17.7 Å². The number of carbonyl (C=O) groups is 1. The van der Waals surface area contributed by atoms with Crippen molar-refractivity contribution >= 4 is 38.9 Å². The summed E-state index contributed by atoms with van der Waals surface area (Å²) in [5, 5.41) is 0.234. The van der Waals surface area contributed by atoms with E-state index in [4.69, 9.17) is 4.74 Å². The highest BCUT2D eigenvalue weighted by atomic mass is 79.9. The number of pyridine rings is 1. The van der Waals surface area contributed by atoms with Crippen molar-refractivity contribution in [3.8, 4) is 0 Å². The van der Waals surface area contributed by atoms with Gasteiger partial charge < -0.3 is 4.74 Å². The third-order valence-electron chi connectivity index (χ3n) is 1.26. The van der Waals surface area contributed by atoms with Crippen molar-refractivity contribution in [3.63, 3.8) is 0 Å². The van der Waals surface area contributed by atoms with Crippen LogP contribution in [0.15, 0.2) is 24.5 Å². The SMILES string of the molecule is Br.O=C(CBr)OCc1ccncc1. The van der Waals surface area contributed by atoms with E-state index in [0.29, 0.717) is 6.61 Å². The standard InChI is InChI=1S/C8H8BrNO2.BrH/c9-5-8(11)12-6-7-1-3-10-4-2-7;/h1-4H,5-6H2;1H.